The third-order valence-corrected chi connectivity index (χ3v) is 6.42. The fraction of sp³-hybridized carbons (Fsp3) is 1.00. The van der Waals surface area contributed by atoms with Crippen LogP contribution in [0, 0.1) is 23.7 Å². The molecular formula is C21H40O2. The van der Waals surface area contributed by atoms with Crippen LogP contribution in [0.5, 0.6) is 0 Å². The van der Waals surface area contributed by atoms with E-state index < -0.39 is 0 Å². The van der Waals surface area contributed by atoms with Gasteiger partial charge in [0.05, 0.1) is 13.2 Å². The molecule has 0 bridgehead atoms. The summed E-state index contributed by atoms with van der Waals surface area (Å²) in [7, 11) is 0. The molecule has 2 aliphatic rings. The summed E-state index contributed by atoms with van der Waals surface area (Å²) in [4.78, 5) is 0. The van der Waals surface area contributed by atoms with Crippen molar-refractivity contribution in [2.24, 2.45) is 23.7 Å². The predicted octanol–water partition coefficient (Wildman–Crippen LogP) is 5.84. The summed E-state index contributed by atoms with van der Waals surface area (Å²) in [6.45, 7) is 7.69. The van der Waals surface area contributed by atoms with E-state index in [0.717, 1.165) is 50.1 Å². The highest BCUT2D eigenvalue weighted by atomic mass is 16.5. The van der Waals surface area contributed by atoms with Gasteiger partial charge in [0.25, 0.3) is 0 Å². The van der Waals surface area contributed by atoms with Crippen LogP contribution in [-0.2, 0) is 9.47 Å². The Morgan fingerprint density at radius 1 is 0.609 bits per heavy atom. The summed E-state index contributed by atoms with van der Waals surface area (Å²) in [5.41, 5.74) is 0. The topological polar surface area (TPSA) is 18.5 Å². The fourth-order valence-corrected chi connectivity index (χ4v) is 4.60. The zero-order chi connectivity index (χ0) is 16.3. The molecule has 2 heteroatoms. The third-order valence-electron chi connectivity index (χ3n) is 6.42. The van der Waals surface area contributed by atoms with Gasteiger partial charge in [-0.05, 0) is 43.4 Å². The van der Waals surface area contributed by atoms with Crippen LogP contribution >= 0.6 is 0 Å². The summed E-state index contributed by atoms with van der Waals surface area (Å²) < 4.78 is 11.1. The molecule has 2 fully saturated rings. The largest absolute Gasteiger partial charge is 0.379 e. The Kier molecular flexibility index (Phi) is 9.60. The molecule has 2 saturated carbocycles. The molecule has 0 saturated heterocycles. The smallest absolute Gasteiger partial charge is 0.0700 e. The molecule has 0 radical (unpaired) electrons. The van der Waals surface area contributed by atoms with Crippen molar-refractivity contribution in [1.29, 1.82) is 0 Å². The van der Waals surface area contributed by atoms with Gasteiger partial charge in [-0.1, -0.05) is 64.7 Å². The van der Waals surface area contributed by atoms with Crippen molar-refractivity contribution in [2.75, 3.05) is 26.4 Å². The lowest BCUT2D eigenvalue weighted by molar-refractivity contribution is 0.0278. The van der Waals surface area contributed by atoms with E-state index in [1.54, 1.807) is 0 Å². The monoisotopic (exact) mass is 324 g/mol. The molecule has 0 aliphatic heterocycles. The van der Waals surface area contributed by atoms with Gasteiger partial charge in [0, 0.05) is 13.2 Å². The molecule has 23 heavy (non-hydrogen) atoms. The third kappa shape index (κ3) is 7.56. The van der Waals surface area contributed by atoms with Gasteiger partial charge in [0.1, 0.15) is 0 Å². The summed E-state index contributed by atoms with van der Waals surface area (Å²) in [6.07, 6.45) is 16.1. The van der Waals surface area contributed by atoms with Gasteiger partial charge in [-0.25, -0.2) is 0 Å². The Balaban J connectivity index is 1.48. The number of hydrogen-bond acceptors (Lipinski definition) is 2. The molecule has 0 amide bonds. The molecule has 2 aliphatic carbocycles. The van der Waals surface area contributed by atoms with Gasteiger partial charge in [0.15, 0.2) is 0 Å². The molecule has 0 N–H and O–H groups in total. The maximum atomic E-state index is 5.76. The van der Waals surface area contributed by atoms with Gasteiger partial charge in [-0.3, -0.25) is 0 Å². The first-order valence-corrected chi connectivity index (χ1v) is 10.5. The Morgan fingerprint density at radius 3 is 1.61 bits per heavy atom. The minimum absolute atomic E-state index is 0.756. The first-order valence-electron chi connectivity index (χ1n) is 10.5. The molecule has 0 aromatic heterocycles. The number of hydrogen-bond donors (Lipinski definition) is 0. The molecule has 0 aromatic rings. The quantitative estimate of drug-likeness (QED) is 0.470. The van der Waals surface area contributed by atoms with Crippen LogP contribution in [0.3, 0.4) is 0 Å². The van der Waals surface area contributed by atoms with Gasteiger partial charge in [0.2, 0.25) is 0 Å². The van der Waals surface area contributed by atoms with Gasteiger partial charge >= 0.3 is 0 Å². The van der Waals surface area contributed by atoms with Crippen LogP contribution in [0.1, 0.15) is 84.5 Å². The molecule has 0 unspecified atom stereocenters. The highest BCUT2D eigenvalue weighted by Crippen LogP contribution is 2.37. The summed E-state index contributed by atoms with van der Waals surface area (Å²) in [6, 6.07) is 0. The van der Waals surface area contributed by atoms with E-state index in [1.165, 1.54) is 70.6 Å². The zero-order valence-electron chi connectivity index (χ0n) is 15.7. The minimum Gasteiger partial charge on any atom is -0.379 e. The number of rotatable bonds is 10. The average molecular weight is 325 g/mol. The van der Waals surface area contributed by atoms with Crippen molar-refractivity contribution >= 4 is 0 Å². The van der Waals surface area contributed by atoms with E-state index in [1.807, 2.05) is 6.92 Å². The van der Waals surface area contributed by atoms with Crippen LogP contribution in [0.15, 0.2) is 0 Å². The van der Waals surface area contributed by atoms with Crippen molar-refractivity contribution in [1.82, 2.24) is 0 Å². The van der Waals surface area contributed by atoms with Crippen LogP contribution in [0.25, 0.3) is 0 Å². The van der Waals surface area contributed by atoms with Crippen molar-refractivity contribution < 1.29 is 9.47 Å². The average Bonchev–Trinajstić information content (AvgIpc) is 2.61. The van der Waals surface area contributed by atoms with Crippen LogP contribution in [-0.4, -0.2) is 26.4 Å². The van der Waals surface area contributed by atoms with E-state index in [-0.39, 0.29) is 0 Å². The second kappa shape index (κ2) is 11.5. The van der Waals surface area contributed by atoms with Crippen molar-refractivity contribution in [3.63, 3.8) is 0 Å². The maximum absolute atomic E-state index is 5.76. The van der Waals surface area contributed by atoms with E-state index >= 15 is 0 Å². The van der Waals surface area contributed by atoms with E-state index in [4.69, 9.17) is 9.47 Å². The lowest BCUT2D eigenvalue weighted by Gasteiger charge is -2.31. The fourth-order valence-electron chi connectivity index (χ4n) is 4.60. The van der Waals surface area contributed by atoms with Gasteiger partial charge in [-0.2, -0.15) is 0 Å². The molecule has 0 spiro atoms. The minimum atomic E-state index is 0.756. The Morgan fingerprint density at radius 2 is 1.09 bits per heavy atom. The van der Waals surface area contributed by atoms with Crippen molar-refractivity contribution in [2.45, 2.75) is 84.5 Å². The molecule has 2 rings (SSSR count). The van der Waals surface area contributed by atoms with E-state index in [2.05, 4.69) is 6.92 Å². The Labute approximate surface area is 144 Å². The molecule has 136 valence electrons. The lowest BCUT2D eigenvalue weighted by atomic mass is 9.75. The van der Waals surface area contributed by atoms with Gasteiger partial charge < -0.3 is 9.47 Å². The van der Waals surface area contributed by atoms with Crippen LogP contribution in [0.4, 0.5) is 0 Å². The van der Waals surface area contributed by atoms with Gasteiger partial charge in [-0.15, -0.1) is 0 Å². The lowest BCUT2D eigenvalue weighted by Crippen LogP contribution is -2.21. The Bertz CT molecular complexity index is 276. The van der Waals surface area contributed by atoms with Crippen LogP contribution in [0.2, 0.25) is 0 Å². The first-order chi connectivity index (χ1) is 11.3. The standard InChI is InChI=1S/C21H40O2/c1-3-18-5-7-19(8-6-18)9-10-20-11-13-21(14-12-20)17-23-16-15-22-4-2/h18-21H,3-17H2,1-2H3. The normalized spacial score (nSPS) is 32.1. The second-order valence-electron chi connectivity index (χ2n) is 8.03. The van der Waals surface area contributed by atoms with Crippen LogP contribution < -0.4 is 0 Å². The molecule has 0 atom stereocenters. The highest BCUT2D eigenvalue weighted by molar-refractivity contribution is 4.76. The van der Waals surface area contributed by atoms with Crippen molar-refractivity contribution in [3.05, 3.63) is 0 Å². The predicted molar refractivity (Wildman–Crippen MR) is 97.7 cm³/mol. The Hall–Kier alpha value is -0.0800. The zero-order valence-corrected chi connectivity index (χ0v) is 15.7. The van der Waals surface area contributed by atoms with E-state index in [0.29, 0.717) is 0 Å². The molecular weight excluding hydrogens is 284 g/mol. The highest BCUT2D eigenvalue weighted by Gasteiger charge is 2.24. The van der Waals surface area contributed by atoms with E-state index in [9.17, 15) is 0 Å². The summed E-state index contributed by atoms with van der Waals surface area (Å²) in [5.74, 6) is 3.92. The summed E-state index contributed by atoms with van der Waals surface area (Å²) in [5, 5.41) is 0. The second-order valence-corrected chi connectivity index (χ2v) is 8.03. The maximum Gasteiger partial charge on any atom is 0.0700 e. The molecule has 0 aromatic carbocycles. The summed E-state index contributed by atoms with van der Waals surface area (Å²) >= 11 is 0. The molecule has 2 nitrogen and oxygen atoms in total. The first kappa shape index (κ1) is 19.2. The SMILES string of the molecule is CCOCCOCC1CCC(CCC2CCC(CC)CC2)CC1. The molecule has 0 heterocycles. The number of ether oxygens (including phenoxy) is 2. The van der Waals surface area contributed by atoms with Crippen molar-refractivity contribution in [3.8, 4) is 0 Å².